The van der Waals surface area contributed by atoms with Gasteiger partial charge in [0.1, 0.15) is 0 Å². The molecule has 0 saturated carbocycles. The van der Waals surface area contributed by atoms with E-state index in [4.69, 9.17) is 0 Å². The van der Waals surface area contributed by atoms with Gasteiger partial charge < -0.3 is 10.1 Å². The summed E-state index contributed by atoms with van der Waals surface area (Å²) in [6.45, 7) is 0.186. The molecule has 31 heavy (non-hydrogen) atoms. The number of methoxy groups -OCH3 is 1. The van der Waals surface area contributed by atoms with Crippen LogP contribution in [0.25, 0.3) is 0 Å². The maximum atomic E-state index is 12.6. The molecule has 0 aliphatic heterocycles. The van der Waals surface area contributed by atoms with Crippen LogP contribution in [0.1, 0.15) is 26.3 Å². The average Bonchev–Trinajstić information content (AvgIpc) is 2.77. The highest BCUT2D eigenvalue weighted by molar-refractivity contribution is 7.92. The van der Waals surface area contributed by atoms with Crippen LogP contribution in [0.3, 0.4) is 0 Å². The van der Waals surface area contributed by atoms with Crippen molar-refractivity contribution in [2.24, 2.45) is 0 Å². The van der Waals surface area contributed by atoms with Crippen molar-refractivity contribution >= 4 is 33.3 Å². The second kappa shape index (κ2) is 9.44. The average molecular weight is 439 g/mol. The number of sulfonamides is 1. The van der Waals surface area contributed by atoms with Crippen LogP contribution in [-0.4, -0.2) is 33.7 Å². The molecule has 1 N–H and O–H groups in total. The first kappa shape index (κ1) is 22.0. The summed E-state index contributed by atoms with van der Waals surface area (Å²) >= 11 is 0. The molecule has 0 aliphatic carbocycles. The predicted octanol–water partition coefficient (Wildman–Crippen LogP) is 3.69. The molecule has 0 radical (unpaired) electrons. The number of esters is 1. The molecule has 0 heterocycles. The maximum Gasteiger partial charge on any atom is 0.337 e. The SMILES string of the molecule is COC(=O)c1cccc(NC(=O)c2ccc(N(Cc3ccccc3)S(C)(=O)=O)cc2)c1. The Morgan fingerprint density at radius 3 is 2.19 bits per heavy atom. The molecule has 0 fully saturated rings. The first-order valence-electron chi connectivity index (χ1n) is 9.39. The Kier molecular flexibility index (Phi) is 6.71. The van der Waals surface area contributed by atoms with Crippen molar-refractivity contribution in [3.63, 3.8) is 0 Å². The first-order valence-corrected chi connectivity index (χ1v) is 11.2. The summed E-state index contributed by atoms with van der Waals surface area (Å²) in [4.78, 5) is 24.2. The van der Waals surface area contributed by atoms with Gasteiger partial charge in [-0.25, -0.2) is 13.2 Å². The lowest BCUT2D eigenvalue weighted by molar-refractivity contribution is 0.0600. The number of amides is 1. The second-order valence-electron chi connectivity index (χ2n) is 6.83. The summed E-state index contributed by atoms with van der Waals surface area (Å²) in [7, 11) is -2.24. The molecule has 8 heteroatoms. The lowest BCUT2D eigenvalue weighted by Crippen LogP contribution is -2.29. The van der Waals surface area contributed by atoms with Crippen molar-refractivity contribution in [1.82, 2.24) is 0 Å². The molecule has 0 aromatic heterocycles. The van der Waals surface area contributed by atoms with Crippen molar-refractivity contribution in [3.8, 4) is 0 Å². The highest BCUT2D eigenvalue weighted by atomic mass is 32.2. The second-order valence-corrected chi connectivity index (χ2v) is 8.74. The summed E-state index contributed by atoms with van der Waals surface area (Å²) in [5.41, 5.74) is 2.41. The number of ether oxygens (including phenoxy) is 1. The van der Waals surface area contributed by atoms with E-state index in [1.807, 2.05) is 30.3 Å². The van der Waals surface area contributed by atoms with E-state index in [9.17, 15) is 18.0 Å². The smallest absolute Gasteiger partial charge is 0.337 e. The Bertz CT molecular complexity index is 1180. The van der Waals surface area contributed by atoms with E-state index in [0.29, 0.717) is 22.5 Å². The number of carbonyl (C=O) groups is 2. The maximum absolute atomic E-state index is 12.6. The third-order valence-corrected chi connectivity index (χ3v) is 5.67. The monoisotopic (exact) mass is 438 g/mol. The molecule has 7 nitrogen and oxygen atoms in total. The van der Waals surface area contributed by atoms with Crippen LogP contribution in [0.15, 0.2) is 78.9 Å². The number of rotatable bonds is 7. The van der Waals surface area contributed by atoms with Gasteiger partial charge in [-0.3, -0.25) is 9.10 Å². The molecule has 1 amide bonds. The fourth-order valence-corrected chi connectivity index (χ4v) is 3.86. The van der Waals surface area contributed by atoms with Gasteiger partial charge in [-0.1, -0.05) is 36.4 Å². The first-order chi connectivity index (χ1) is 14.8. The van der Waals surface area contributed by atoms with Crippen molar-refractivity contribution in [3.05, 3.63) is 95.6 Å². The van der Waals surface area contributed by atoms with Crippen molar-refractivity contribution in [1.29, 1.82) is 0 Å². The number of hydrogen-bond donors (Lipinski definition) is 1. The number of nitrogens with one attached hydrogen (secondary N) is 1. The van der Waals surface area contributed by atoms with Crippen LogP contribution in [0, 0.1) is 0 Å². The minimum Gasteiger partial charge on any atom is -0.465 e. The standard InChI is InChI=1S/C23H22N2O5S/c1-30-23(27)19-9-6-10-20(15-19)24-22(26)18-11-13-21(14-12-18)25(31(2,28)29)16-17-7-4-3-5-8-17/h3-15H,16H2,1-2H3,(H,24,26). The fourth-order valence-electron chi connectivity index (χ4n) is 2.97. The summed E-state index contributed by atoms with van der Waals surface area (Å²) < 4.78 is 30.6. The number of anilines is 2. The zero-order valence-corrected chi connectivity index (χ0v) is 17.9. The van der Waals surface area contributed by atoms with E-state index in [1.54, 1.807) is 42.5 Å². The van der Waals surface area contributed by atoms with Gasteiger partial charge in [0.15, 0.2) is 0 Å². The van der Waals surface area contributed by atoms with E-state index in [0.717, 1.165) is 11.8 Å². The summed E-state index contributed by atoms with van der Waals surface area (Å²) in [5, 5.41) is 2.72. The highest BCUT2D eigenvalue weighted by Gasteiger charge is 2.18. The van der Waals surface area contributed by atoms with Crippen molar-refractivity contribution in [2.75, 3.05) is 23.0 Å². The molecule has 0 aliphatic rings. The van der Waals surface area contributed by atoms with E-state index in [1.165, 1.54) is 17.5 Å². The quantitative estimate of drug-likeness (QED) is 0.568. The Morgan fingerprint density at radius 2 is 1.58 bits per heavy atom. The molecular weight excluding hydrogens is 416 g/mol. The normalized spacial score (nSPS) is 10.9. The topological polar surface area (TPSA) is 92.8 Å². The Morgan fingerprint density at radius 1 is 0.903 bits per heavy atom. The molecule has 0 atom stereocenters. The highest BCUT2D eigenvalue weighted by Crippen LogP contribution is 2.22. The molecular formula is C23H22N2O5S. The Hall–Kier alpha value is -3.65. The molecule has 0 saturated heterocycles. The number of benzene rings is 3. The van der Waals surface area contributed by atoms with Gasteiger partial charge in [-0.2, -0.15) is 0 Å². The van der Waals surface area contributed by atoms with Gasteiger partial charge in [0.05, 0.1) is 31.2 Å². The van der Waals surface area contributed by atoms with Gasteiger partial charge in [0.2, 0.25) is 10.0 Å². The predicted molar refractivity (Wildman–Crippen MR) is 120 cm³/mol. The lowest BCUT2D eigenvalue weighted by Gasteiger charge is -2.22. The Balaban J connectivity index is 1.78. The minimum atomic E-state index is -3.52. The number of nitrogens with zero attached hydrogens (tertiary/aromatic N) is 1. The molecule has 3 aromatic carbocycles. The third kappa shape index (κ3) is 5.70. The number of hydrogen-bond acceptors (Lipinski definition) is 5. The van der Waals surface area contributed by atoms with Crippen LogP contribution >= 0.6 is 0 Å². The molecule has 0 spiro atoms. The Labute approximate surface area is 181 Å². The third-order valence-electron chi connectivity index (χ3n) is 4.53. The van der Waals surface area contributed by atoms with Gasteiger partial charge in [0.25, 0.3) is 5.91 Å². The molecule has 160 valence electrons. The van der Waals surface area contributed by atoms with E-state index in [2.05, 4.69) is 10.1 Å². The fraction of sp³-hybridized carbons (Fsp3) is 0.130. The summed E-state index contributed by atoms with van der Waals surface area (Å²) in [5.74, 6) is -0.887. The van der Waals surface area contributed by atoms with Gasteiger partial charge in [-0.15, -0.1) is 0 Å². The molecule has 0 bridgehead atoms. The number of carbonyl (C=O) groups excluding carboxylic acids is 2. The van der Waals surface area contributed by atoms with Gasteiger partial charge in [-0.05, 0) is 48.0 Å². The minimum absolute atomic E-state index is 0.186. The zero-order valence-electron chi connectivity index (χ0n) is 17.1. The van der Waals surface area contributed by atoms with Crippen LogP contribution in [0.5, 0.6) is 0 Å². The largest absolute Gasteiger partial charge is 0.465 e. The van der Waals surface area contributed by atoms with Crippen molar-refractivity contribution < 1.29 is 22.7 Å². The van der Waals surface area contributed by atoms with E-state index in [-0.39, 0.29) is 12.5 Å². The van der Waals surface area contributed by atoms with E-state index >= 15 is 0 Å². The van der Waals surface area contributed by atoms with Crippen LogP contribution in [-0.2, 0) is 21.3 Å². The molecule has 3 rings (SSSR count). The summed E-state index contributed by atoms with van der Waals surface area (Å²) in [6, 6.07) is 21.9. The van der Waals surface area contributed by atoms with Crippen LogP contribution in [0.4, 0.5) is 11.4 Å². The van der Waals surface area contributed by atoms with Crippen LogP contribution < -0.4 is 9.62 Å². The van der Waals surface area contributed by atoms with E-state index < -0.39 is 16.0 Å². The zero-order chi connectivity index (χ0) is 22.4. The molecule has 0 unspecified atom stereocenters. The van der Waals surface area contributed by atoms with Crippen molar-refractivity contribution in [2.45, 2.75) is 6.54 Å². The summed E-state index contributed by atoms with van der Waals surface area (Å²) in [6.07, 6.45) is 1.14. The van der Waals surface area contributed by atoms with Gasteiger partial charge in [0, 0.05) is 11.3 Å². The van der Waals surface area contributed by atoms with Gasteiger partial charge >= 0.3 is 5.97 Å². The lowest BCUT2D eigenvalue weighted by atomic mass is 10.1. The van der Waals surface area contributed by atoms with Crippen LogP contribution in [0.2, 0.25) is 0 Å². The molecule has 3 aromatic rings.